The number of rotatable bonds is 8. The highest BCUT2D eigenvalue weighted by Gasteiger charge is 2.32. The number of aromatic nitrogens is 4. The molecule has 1 unspecified atom stereocenters. The number of nitrogens with zero attached hydrogens (tertiary/aromatic N) is 4. The molecule has 0 fully saturated rings. The summed E-state index contributed by atoms with van der Waals surface area (Å²) in [5, 5.41) is 20.7. The SMILES string of the molecule is COCc1cc(C(CC(=O)O)c2ccc(C)c(CN3CCOc4ncccc4S3(O)O)c2)cc2nn[nH]c12. The average Bonchev–Trinajstić information content (AvgIpc) is 3.33. The molecule has 1 atom stereocenters. The molecule has 4 aromatic rings. The highest BCUT2D eigenvalue weighted by molar-refractivity contribution is 8.22. The lowest BCUT2D eigenvalue weighted by Gasteiger charge is -2.41. The maximum Gasteiger partial charge on any atom is 0.304 e. The minimum Gasteiger partial charge on any atom is -0.481 e. The Kier molecular flexibility index (Phi) is 7.32. The third-order valence-corrected chi connectivity index (χ3v) is 8.65. The van der Waals surface area contributed by atoms with Crippen LogP contribution in [0.2, 0.25) is 0 Å². The lowest BCUT2D eigenvalue weighted by molar-refractivity contribution is -0.137. The number of carboxylic acids is 1. The summed E-state index contributed by atoms with van der Waals surface area (Å²) in [6, 6.07) is 12.8. The van der Waals surface area contributed by atoms with Crippen LogP contribution in [0.3, 0.4) is 0 Å². The molecular formula is C26H29N5O6S. The Morgan fingerprint density at radius 2 is 2.03 bits per heavy atom. The van der Waals surface area contributed by atoms with Gasteiger partial charge in [0, 0.05) is 31.3 Å². The number of carboxylic acid groups (broad SMARTS) is 1. The highest BCUT2D eigenvalue weighted by atomic mass is 32.3. The van der Waals surface area contributed by atoms with E-state index in [1.54, 1.807) is 29.7 Å². The molecule has 0 saturated heterocycles. The lowest BCUT2D eigenvalue weighted by atomic mass is 9.86. The number of hydrogen-bond acceptors (Lipinski definition) is 9. The van der Waals surface area contributed by atoms with E-state index in [0.29, 0.717) is 12.1 Å². The summed E-state index contributed by atoms with van der Waals surface area (Å²) in [5.74, 6) is -1.19. The standard InChI is InChI=1S/C26H29N5O6S/c1-16-5-6-17(10-19(16)14-31-8-9-37-26-23(38(31,34)35)4-3-7-27-26)21(13-24(32)33)18-11-20(15-36-2)25-22(12-18)28-30-29-25/h3-7,10-12,21,34-35H,8-9,13-15H2,1-2H3,(H,32,33)(H,28,29,30). The zero-order chi connectivity index (χ0) is 26.9. The molecule has 200 valence electrons. The van der Waals surface area contributed by atoms with E-state index in [1.165, 1.54) is 0 Å². The van der Waals surface area contributed by atoms with Gasteiger partial charge < -0.3 is 14.6 Å². The van der Waals surface area contributed by atoms with E-state index < -0.39 is 22.7 Å². The molecule has 11 nitrogen and oxygen atoms in total. The highest BCUT2D eigenvalue weighted by Crippen LogP contribution is 2.56. The number of aromatic amines is 1. The number of carbonyl (C=O) groups is 1. The minimum atomic E-state index is -3.35. The van der Waals surface area contributed by atoms with Crippen LogP contribution in [0.5, 0.6) is 5.88 Å². The molecule has 12 heteroatoms. The van der Waals surface area contributed by atoms with E-state index in [4.69, 9.17) is 9.47 Å². The largest absolute Gasteiger partial charge is 0.481 e. The molecule has 0 aliphatic carbocycles. The number of aliphatic carboxylic acids is 1. The molecule has 38 heavy (non-hydrogen) atoms. The summed E-state index contributed by atoms with van der Waals surface area (Å²) in [6.45, 7) is 3.03. The van der Waals surface area contributed by atoms with Crippen molar-refractivity contribution < 1.29 is 28.5 Å². The first kappa shape index (κ1) is 26.1. The van der Waals surface area contributed by atoms with Crippen molar-refractivity contribution in [3.05, 3.63) is 76.5 Å². The van der Waals surface area contributed by atoms with Gasteiger partial charge in [-0.2, -0.15) is 4.31 Å². The summed E-state index contributed by atoms with van der Waals surface area (Å²) >= 11 is 0. The molecule has 2 aromatic heterocycles. The Morgan fingerprint density at radius 3 is 2.82 bits per heavy atom. The Labute approximate surface area is 220 Å². The van der Waals surface area contributed by atoms with E-state index in [0.717, 1.165) is 33.3 Å². The summed E-state index contributed by atoms with van der Waals surface area (Å²) in [6.07, 6.45) is 1.42. The van der Waals surface area contributed by atoms with Crippen LogP contribution in [0.1, 0.15) is 40.2 Å². The van der Waals surface area contributed by atoms with Crippen LogP contribution in [0.15, 0.2) is 53.6 Å². The monoisotopic (exact) mass is 539 g/mol. The zero-order valence-electron chi connectivity index (χ0n) is 21.0. The fourth-order valence-corrected chi connectivity index (χ4v) is 6.29. The number of pyridine rings is 1. The van der Waals surface area contributed by atoms with Crippen molar-refractivity contribution in [1.82, 2.24) is 24.7 Å². The van der Waals surface area contributed by atoms with E-state index in [2.05, 4.69) is 20.4 Å². The first-order valence-electron chi connectivity index (χ1n) is 12.0. The quantitative estimate of drug-likeness (QED) is 0.254. The molecule has 2 aromatic carbocycles. The van der Waals surface area contributed by atoms with Crippen LogP contribution in [0.4, 0.5) is 0 Å². The predicted octanol–water partition coefficient (Wildman–Crippen LogP) is 4.33. The molecule has 4 N–H and O–H groups in total. The summed E-state index contributed by atoms with van der Waals surface area (Å²) in [4.78, 5) is 16.3. The molecule has 5 rings (SSSR count). The Balaban J connectivity index is 1.53. The molecule has 0 saturated carbocycles. The smallest absolute Gasteiger partial charge is 0.304 e. The second kappa shape index (κ2) is 10.7. The second-order valence-electron chi connectivity index (χ2n) is 9.19. The van der Waals surface area contributed by atoms with Gasteiger partial charge >= 0.3 is 5.97 Å². The van der Waals surface area contributed by atoms with Gasteiger partial charge in [0.15, 0.2) is 0 Å². The molecule has 1 aliphatic heterocycles. The fraction of sp³-hybridized carbons (Fsp3) is 0.308. The number of hydrogen-bond donors (Lipinski definition) is 4. The first-order valence-corrected chi connectivity index (χ1v) is 13.5. The number of fused-ring (bicyclic) bond motifs is 2. The third-order valence-electron chi connectivity index (χ3n) is 6.72. The first-order chi connectivity index (χ1) is 18.3. The second-order valence-corrected chi connectivity index (χ2v) is 11.2. The molecule has 0 spiro atoms. The van der Waals surface area contributed by atoms with E-state index >= 15 is 0 Å². The fourth-order valence-electron chi connectivity index (χ4n) is 4.76. The molecule has 3 heterocycles. The minimum absolute atomic E-state index is 0.135. The van der Waals surface area contributed by atoms with Crippen LogP contribution in [0, 0.1) is 6.92 Å². The van der Waals surface area contributed by atoms with E-state index in [-0.39, 0.29) is 36.9 Å². The van der Waals surface area contributed by atoms with Gasteiger partial charge in [0.05, 0.1) is 25.1 Å². The molecule has 0 radical (unpaired) electrons. The van der Waals surface area contributed by atoms with Gasteiger partial charge in [-0.3, -0.25) is 19.0 Å². The van der Waals surface area contributed by atoms with Gasteiger partial charge in [-0.1, -0.05) is 29.5 Å². The van der Waals surface area contributed by atoms with Crippen molar-refractivity contribution in [2.75, 3.05) is 20.3 Å². The van der Waals surface area contributed by atoms with Gasteiger partial charge in [-0.05, 0) is 47.4 Å². The number of benzene rings is 2. The van der Waals surface area contributed by atoms with Crippen LogP contribution < -0.4 is 4.74 Å². The van der Waals surface area contributed by atoms with E-state index in [1.807, 2.05) is 37.3 Å². The van der Waals surface area contributed by atoms with Crippen molar-refractivity contribution in [2.24, 2.45) is 0 Å². The number of ether oxygens (including phenoxy) is 2. The summed E-state index contributed by atoms with van der Waals surface area (Å²) < 4.78 is 35.0. The maximum atomic E-state index is 11.9. The predicted molar refractivity (Wildman–Crippen MR) is 141 cm³/mol. The van der Waals surface area contributed by atoms with Crippen molar-refractivity contribution >= 4 is 27.8 Å². The van der Waals surface area contributed by atoms with Gasteiger partial charge in [-0.25, -0.2) is 4.98 Å². The topological polar surface area (TPSA) is 154 Å². The van der Waals surface area contributed by atoms with Crippen LogP contribution in [0.25, 0.3) is 11.0 Å². The number of nitrogens with one attached hydrogen (secondary N) is 1. The average molecular weight is 540 g/mol. The molecule has 1 aliphatic rings. The third kappa shape index (κ3) is 5.08. The van der Waals surface area contributed by atoms with E-state index in [9.17, 15) is 19.0 Å². The van der Waals surface area contributed by atoms with Crippen molar-refractivity contribution in [2.45, 2.75) is 37.3 Å². The van der Waals surface area contributed by atoms with Crippen molar-refractivity contribution in [3.63, 3.8) is 0 Å². The van der Waals surface area contributed by atoms with Gasteiger partial charge in [0.1, 0.15) is 17.0 Å². The van der Waals surface area contributed by atoms with Crippen LogP contribution in [-0.4, -0.2) is 65.1 Å². The Bertz CT molecular complexity index is 1480. The number of methoxy groups -OCH3 is 1. The summed E-state index contributed by atoms with van der Waals surface area (Å²) in [5.41, 5.74) is 5.58. The van der Waals surface area contributed by atoms with Gasteiger partial charge in [0.25, 0.3) is 0 Å². The molecule has 0 bridgehead atoms. The zero-order valence-corrected chi connectivity index (χ0v) is 21.8. The normalized spacial score (nSPS) is 16.8. The number of aryl methyl sites for hydroxylation is 1. The van der Waals surface area contributed by atoms with Crippen LogP contribution >= 0.6 is 10.8 Å². The van der Waals surface area contributed by atoms with Gasteiger partial charge in [-0.15, -0.1) is 15.9 Å². The number of H-pyrrole nitrogens is 1. The van der Waals surface area contributed by atoms with Crippen molar-refractivity contribution in [3.8, 4) is 5.88 Å². The Hall–Kier alpha value is -3.55. The Morgan fingerprint density at radius 1 is 1.21 bits per heavy atom. The van der Waals surface area contributed by atoms with Gasteiger partial charge in [0.2, 0.25) is 5.88 Å². The van der Waals surface area contributed by atoms with Crippen molar-refractivity contribution in [1.29, 1.82) is 0 Å². The molecular weight excluding hydrogens is 510 g/mol. The molecule has 0 amide bonds. The summed E-state index contributed by atoms with van der Waals surface area (Å²) in [7, 11) is -1.76. The maximum absolute atomic E-state index is 11.9. The lowest BCUT2D eigenvalue weighted by Crippen LogP contribution is -2.29. The van der Waals surface area contributed by atoms with Crippen LogP contribution in [-0.2, 0) is 22.7 Å².